The van der Waals surface area contributed by atoms with E-state index in [2.05, 4.69) is 15.3 Å². The summed E-state index contributed by atoms with van der Waals surface area (Å²) >= 11 is 0. The van der Waals surface area contributed by atoms with E-state index in [-0.39, 0.29) is 24.0 Å². The zero-order valence-electron chi connectivity index (χ0n) is 9.11. The average molecular weight is 268 g/mol. The predicted molar refractivity (Wildman–Crippen MR) is 70.1 cm³/mol. The number of nitrogens with one attached hydrogen (secondary N) is 1. The Morgan fingerprint density at radius 1 is 1.33 bits per heavy atom. The fourth-order valence-electron chi connectivity index (χ4n) is 1.29. The van der Waals surface area contributed by atoms with E-state index in [1.807, 2.05) is 0 Å². The number of hydrogen-bond acceptors (Lipinski definition) is 6. The number of aromatic nitrogens is 2. The average Bonchev–Trinajstić information content (AvgIpc) is 2.29. The highest BCUT2D eigenvalue weighted by atomic mass is 35.5. The van der Waals surface area contributed by atoms with Gasteiger partial charge in [0.05, 0.1) is 4.92 Å². The van der Waals surface area contributed by atoms with Gasteiger partial charge in [-0.1, -0.05) is 6.07 Å². The summed E-state index contributed by atoms with van der Waals surface area (Å²) in [5.74, 6) is 0.624. The molecule has 1 heterocycles. The lowest BCUT2D eigenvalue weighted by molar-refractivity contribution is -0.384. The van der Waals surface area contributed by atoms with Crippen LogP contribution in [0.25, 0.3) is 0 Å². The Hall–Kier alpha value is -2.41. The standard InChI is InChI=1S/C10H9N5O2.ClH/c11-10-12-5-4-9(14-10)13-7-2-1-3-8(6-7)15(16)17;/h1-6H,(H3,11,12,13,14);1H. The van der Waals surface area contributed by atoms with Gasteiger partial charge in [-0.3, -0.25) is 10.1 Å². The van der Waals surface area contributed by atoms with Crippen LogP contribution in [-0.2, 0) is 0 Å². The minimum Gasteiger partial charge on any atom is -0.368 e. The summed E-state index contributed by atoms with van der Waals surface area (Å²) in [6.45, 7) is 0. The minimum atomic E-state index is -0.459. The third kappa shape index (κ3) is 3.29. The van der Waals surface area contributed by atoms with Crippen LogP contribution >= 0.6 is 12.4 Å². The zero-order chi connectivity index (χ0) is 12.3. The molecule has 2 rings (SSSR count). The molecule has 0 aliphatic rings. The first kappa shape index (κ1) is 13.7. The number of non-ortho nitro benzene ring substituents is 1. The van der Waals surface area contributed by atoms with Crippen molar-refractivity contribution in [1.29, 1.82) is 0 Å². The van der Waals surface area contributed by atoms with Crippen LogP contribution in [0.15, 0.2) is 36.5 Å². The second-order valence-corrected chi connectivity index (χ2v) is 3.23. The molecule has 0 amide bonds. The van der Waals surface area contributed by atoms with Gasteiger partial charge in [0.15, 0.2) is 0 Å². The number of nitro groups is 1. The van der Waals surface area contributed by atoms with Gasteiger partial charge in [-0.2, -0.15) is 4.98 Å². The molecule has 0 saturated heterocycles. The molecular weight excluding hydrogens is 258 g/mol. The van der Waals surface area contributed by atoms with Crippen LogP contribution in [-0.4, -0.2) is 14.9 Å². The molecule has 0 spiro atoms. The van der Waals surface area contributed by atoms with Gasteiger partial charge >= 0.3 is 0 Å². The summed E-state index contributed by atoms with van der Waals surface area (Å²) in [6.07, 6.45) is 1.50. The number of halogens is 1. The van der Waals surface area contributed by atoms with E-state index in [0.29, 0.717) is 11.5 Å². The SMILES string of the molecule is Cl.Nc1nccc(Nc2cccc([N+](=O)[O-])c2)n1. The molecule has 7 nitrogen and oxygen atoms in total. The van der Waals surface area contributed by atoms with Crippen LogP contribution in [0.3, 0.4) is 0 Å². The van der Waals surface area contributed by atoms with E-state index in [1.165, 1.54) is 18.3 Å². The first-order chi connectivity index (χ1) is 8.15. The normalized spacial score (nSPS) is 9.33. The van der Waals surface area contributed by atoms with Gasteiger partial charge in [0, 0.05) is 24.0 Å². The third-order valence-corrected chi connectivity index (χ3v) is 2.00. The van der Waals surface area contributed by atoms with Gasteiger partial charge in [0.2, 0.25) is 5.95 Å². The van der Waals surface area contributed by atoms with Crippen LogP contribution in [0, 0.1) is 10.1 Å². The van der Waals surface area contributed by atoms with Gasteiger partial charge in [0.25, 0.3) is 5.69 Å². The molecule has 18 heavy (non-hydrogen) atoms. The van der Waals surface area contributed by atoms with Crippen molar-refractivity contribution in [3.63, 3.8) is 0 Å². The fraction of sp³-hybridized carbons (Fsp3) is 0. The van der Waals surface area contributed by atoms with E-state index >= 15 is 0 Å². The summed E-state index contributed by atoms with van der Waals surface area (Å²) < 4.78 is 0. The van der Waals surface area contributed by atoms with Gasteiger partial charge < -0.3 is 11.1 Å². The van der Waals surface area contributed by atoms with Crippen molar-refractivity contribution < 1.29 is 4.92 Å². The van der Waals surface area contributed by atoms with Gasteiger partial charge in [0.1, 0.15) is 5.82 Å². The largest absolute Gasteiger partial charge is 0.368 e. The molecule has 3 N–H and O–H groups in total. The molecule has 0 radical (unpaired) electrons. The lowest BCUT2D eigenvalue weighted by Gasteiger charge is -2.04. The molecule has 0 saturated carbocycles. The number of hydrogen-bond donors (Lipinski definition) is 2. The predicted octanol–water partition coefficient (Wildman–Crippen LogP) is 2.13. The molecular formula is C10H10ClN5O2. The molecule has 1 aromatic carbocycles. The zero-order valence-corrected chi connectivity index (χ0v) is 9.92. The highest BCUT2D eigenvalue weighted by Gasteiger charge is 2.05. The maximum Gasteiger partial charge on any atom is 0.271 e. The summed E-state index contributed by atoms with van der Waals surface area (Å²) in [4.78, 5) is 17.8. The minimum absolute atomic E-state index is 0. The summed E-state index contributed by atoms with van der Waals surface area (Å²) in [5.41, 5.74) is 6.00. The molecule has 0 unspecified atom stereocenters. The number of nitrogens with zero attached hydrogens (tertiary/aromatic N) is 3. The number of anilines is 3. The van der Waals surface area contributed by atoms with Gasteiger partial charge in [-0.15, -0.1) is 12.4 Å². The van der Waals surface area contributed by atoms with Gasteiger partial charge in [-0.25, -0.2) is 4.98 Å². The van der Waals surface area contributed by atoms with E-state index in [9.17, 15) is 10.1 Å². The quantitative estimate of drug-likeness (QED) is 0.652. The molecule has 8 heteroatoms. The van der Waals surface area contributed by atoms with Crippen molar-refractivity contribution >= 4 is 35.5 Å². The van der Waals surface area contributed by atoms with Crippen molar-refractivity contribution in [2.24, 2.45) is 0 Å². The maximum atomic E-state index is 10.6. The second-order valence-electron chi connectivity index (χ2n) is 3.23. The summed E-state index contributed by atoms with van der Waals surface area (Å²) in [7, 11) is 0. The van der Waals surface area contributed by atoms with Crippen molar-refractivity contribution in [2.45, 2.75) is 0 Å². The first-order valence-electron chi connectivity index (χ1n) is 4.75. The second kappa shape index (κ2) is 5.78. The lowest BCUT2D eigenvalue weighted by Crippen LogP contribution is -1.99. The van der Waals surface area contributed by atoms with Crippen LogP contribution in [0.5, 0.6) is 0 Å². The number of nitrogen functional groups attached to an aromatic ring is 1. The van der Waals surface area contributed by atoms with Crippen LogP contribution < -0.4 is 11.1 Å². The molecule has 0 aliphatic carbocycles. The van der Waals surface area contributed by atoms with E-state index in [1.54, 1.807) is 18.2 Å². The van der Waals surface area contributed by atoms with Crippen LogP contribution in [0.4, 0.5) is 23.1 Å². The lowest BCUT2D eigenvalue weighted by atomic mass is 10.3. The van der Waals surface area contributed by atoms with Crippen molar-refractivity contribution in [3.8, 4) is 0 Å². The van der Waals surface area contributed by atoms with E-state index in [0.717, 1.165) is 0 Å². The Labute approximate surface area is 109 Å². The fourth-order valence-corrected chi connectivity index (χ4v) is 1.29. The smallest absolute Gasteiger partial charge is 0.271 e. The molecule has 0 fully saturated rings. The summed E-state index contributed by atoms with van der Waals surface area (Å²) in [6, 6.07) is 7.74. The maximum absolute atomic E-state index is 10.6. The number of rotatable bonds is 3. The molecule has 94 valence electrons. The molecule has 1 aromatic heterocycles. The number of nitro benzene ring substituents is 1. The monoisotopic (exact) mass is 267 g/mol. The van der Waals surface area contributed by atoms with Gasteiger partial charge in [-0.05, 0) is 12.1 Å². The van der Waals surface area contributed by atoms with Crippen molar-refractivity contribution in [2.75, 3.05) is 11.1 Å². The highest BCUT2D eigenvalue weighted by molar-refractivity contribution is 5.85. The first-order valence-corrected chi connectivity index (χ1v) is 4.75. The third-order valence-electron chi connectivity index (χ3n) is 2.00. The van der Waals surface area contributed by atoms with Crippen molar-refractivity contribution in [1.82, 2.24) is 9.97 Å². The Bertz CT molecular complexity index is 563. The Morgan fingerprint density at radius 3 is 2.78 bits per heavy atom. The molecule has 2 aromatic rings. The van der Waals surface area contributed by atoms with E-state index in [4.69, 9.17) is 5.73 Å². The molecule has 0 atom stereocenters. The number of benzene rings is 1. The molecule has 0 aliphatic heterocycles. The topological polar surface area (TPSA) is 107 Å². The van der Waals surface area contributed by atoms with Crippen LogP contribution in [0.2, 0.25) is 0 Å². The molecule has 0 bridgehead atoms. The van der Waals surface area contributed by atoms with E-state index < -0.39 is 4.92 Å². The van der Waals surface area contributed by atoms with Crippen LogP contribution in [0.1, 0.15) is 0 Å². The Balaban J connectivity index is 0.00000162. The summed E-state index contributed by atoms with van der Waals surface area (Å²) in [5, 5.41) is 13.5. The Morgan fingerprint density at radius 2 is 2.11 bits per heavy atom. The Kier molecular flexibility index (Phi) is 4.39. The number of nitrogens with two attached hydrogens (primary N) is 1. The highest BCUT2D eigenvalue weighted by Crippen LogP contribution is 2.20. The van der Waals surface area contributed by atoms with Crippen molar-refractivity contribution in [3.05, 3.63) is 46.6 Å².